The normalized spacial score (nSPS) is 16.1. The van der Waals surface area contributed by atoms with Crippen LogP contribution in [-0.2, 0) is 27.1 Å². The van der Waals surface area contributed by atoms with Gasteiger partial charge >= 0.3 is 6.18 Å². The van der Waals surface area contributed by atoms with Crippen molar-refractivity contribution in [2.24, 2.45) is 5.73 Å². The van der Waals surface area contributed by atoms with Gasteiger partial charge in [0.25, 0.3) is 5.91 Å². The minimum atomic E-state index is -4.71. The van der Waals surface area contributed by atoms with Crippen molar-refractivity contribution < 1.29 is 32.3 Å². The number of alkyl halides is 3. The predicted octanol–water partition coefficient (Wildman–Crippen LogP) is 1.25. The van der Waals surface area contributed by atoms with E-state index in [0.29, 0.717) is 10.9 Å². The molecule has 0 bridgehead atoms. The minimum absolute atomic E-state index is 0.00556. The number of nitrogens with two attached hydrogens (primary N) is 1. The highest BCUT2D eigenvalue weighted by Crippen LogP contribution is 2.28. The lowest BCUT2D eigenvalue weighted by atomic mass is 10.1. The van der Waals surface area contributed by atoms with Gasteiger partial charge in [0.2, 0.25) is 17.7 Å². The van der Waals surface area contributed by atoms with Gasteiger partial charge in [-0.25, -0.2) is 4.98 Å². The van der Waals surface area contributed by atoms with Crippen LogP contribution in [0.5, 0.6) is 0 Å². The van der Waals surface area contributed by atoms with E-state index in [4.69, 9.17) is 5.73 Å². The third kappa shape index (κ3) is 5.37. The second kappa shape index (κ2) is 9.87. The quantitative estimate of drug-likeness (QED) is 0.521. The summed E-state index contributed by atoms with van der Waals surface area (Å²) in [7, 11) is 0. The number of piperazine rings is 1. The zero-order valence-corrected chi connectivity index (χ0v) is 19.5. The first-order valence-electron chi connectivity index (χ1n) is 11.1. The summed E-state index contributed by atoms with van der Waals surface area (Å²) in [5.41, 5.74) is 4.67. The van der Waals surface area contributed by atoms with Gasteiger partial charge in [0, 0.05) is 25.4 Å². The first-order chi connectivity index (χ1) is 17.5. The standard InChI is InChI=1S/C23H22F3N7O4/c1-13(34)31-9-10-32(16(11-31)22(37)29-18-8-4-7-17(28-18)23(24,25)26)19(35)12-33-15-6-3-2-5-14(15)20(30-33)21(27)36/h2-8,16H,9-12H2,1H3,(H2,27,36)(H,28,29,37)/t16-/m0/s1. The number of amides is 4. The zero-order valence-electron chi connectivity index (χ0n) is 19.5. The summed E-state index contributed by atoms with van der Waals surface area (Å²) in [6, 6.07) is 8.50. The van der Waals surface area contributed by atoms with E-state index in [1.165, 1.54) is 27.5 Å². The van der Waals surface area contributed by atoms with Gasteiger partial charge in [0.15, 0.2) is 5.69 Å². The van der Waals surface area contributed by atoms with Gasteiger partial charge in [-0.1, -0.05) is 24.3 Å². The summed E-state index contributed by atoms with van der Waals surface area (Å²) in [6.45, 7) is 0.938. The van der Waals surface area contributed by atoms with E-state index < -0.39 is 35.6 Å². The molecule has 1 aliphatic rings. The molecule has 14 heteroatoms. The molecule has 0 unspecified atom stereocenters. The van der Waals surface area contributed by atoms with E-state index in [1.807, 2.05) is 0 Å². The Kier molecular flexibility index (Phi) is 6.83. The Hall–Kier alpha value is -4.49. The lowest BCUT2D eigenvalue weighted by Crippen LogP contribution is -2.60. The number of nitrogens with one attached hydrogen (secondary N) is 1. The Morgan fingerprint density at radius 3 is 2.49 bits per heavy atom. The van der Waals surface area contributed by atoms with Crippen LogP contribution in [0.4, 0.5) is 19.0 Å². The number of carbonyl (C=O) groups excluding carboxylic acids is 4. The molecule has 3 N–H and O–H groups in total. The van der Waals surface area contributed by atoms with Gasteiger partial charge < -0.3 is 20.9 Å². The minimum Gasteiger partial charge on any atom is -0.364 e. The number of para-hydroxylation sites is 1. The van der Waals surface area contributed by atoms with Gasteiger partial charge in [-0.3, -0.25) is 23.9 Å². The summed E-state index contributed by atoms with van der Waals surface area (Å²) in [5.74, 6) is -2.81. The molecule has 0 spiro atoms. The van der Waals surface area contributed by atoms with Gasteiger partial charge in [-0.15, -0.1) is 0 Å². The third-order valence-corrected chi connectivity index (χ3v) is 5.92. The first-order valence-corrected chi connectivity index (χ1v) is 11.1. The van der Waals surface area contributed by atoms with E-state index in [9.17, 15) is 32.3 Å². The molecule has 4 amide bonds. The fourth-order valence-corrected chi connectivity index (χ4v) is 4.11. The van der Waals surface area contributed by atoms with Crippen LogP contribution < -0.4 is 11.1 Å². The molecule has 1 saturated heterocycles. The van der Waals surface area contributed by atoms with Crippen molar-refractivity contribution in [2.45, 2.75) is 25.7 Å². The number of hydrogen-bond donors (Lipinski definition) is 2. The van der Waals surface area contributed by atoms with Crippen LogP contribution >= 0.6 is 0 Å². The van der Waals surface area contributed by atoms with E-state index in [2.05, 4.69) is 15.4 Å². The van der Waals surface area contributed by atoms with Crippen molar-refractivity contribution in [1.82, 2.24) is 24.6 Å². The molecule has 37 heavy (non-hydrogen) atoms. The van der Waals surface area contributed by atoms with Crippen LogP contribution in [0.3, 0.4) is 0 Å². The van der Waals surface area contributed by atoms with Crippen molar-refractivity contribution in [3.8, 4) is 0 Å². The number of pyridine rings is 1. The van der Waals surface area contributed by atoms with Crippen LogP contribution in [0.15, 0.2) is 42.5 Å². The molecule has 1 fully saturated rings. The van der Waals surface area contributed by atoms with E-state index >= 15 is 0 Å². The van der Waals surface area contributed by atoms with E-state index in [-0.39, 0.29) is 43.6 Å². The van der Waals surface area contributed by atoms with Crippen LogP contribution in [0.25, 0.3) is 10.9 Å². The van der Waals surface area contributed by atoms with Crippen molar-refractivity contribution in [2.75, 3.05) is 25.0 Å². The highest BCUT2D eigenvalue weighted by molar-refractivity contribution is 6.04. The number of carbonyl (C=O) groups is 4. The number of nitrogens with zero attached hydrogens (tertiary/aromatic N) is 5. The average Bonchev–Trinajstić information content (AvgIpc) is 3.22. The topological polar surface area (TPSA) is 144 Å². The fraction of sp³-hybridized carbons (Fsp3) is 0.304. The number of rotatable bonds is 5. The SMILES string of the molecule is CC(=O)N1CCN(C(=O)Cn2nc(C(N)=O)c3ccccc32)[C@H](C(=O)Nc2cccc(C(F)(F)F)n2)C1. The third-order valence-electron chi connectivity index (χ3n) is 5.92. The number of primary amides is 1. The average molecular weight is 517 g/mol. The maximum absolute atomic E-state index is 13.3. The van der Waals surface area contributed by atoms with Gasteiger partial charge in [0.05, 0.1) is 12.1 Å². The lowest BCUT2D eigenvalue weighted by molar-refractivity contribution is -0.146. The number of fused-ring (bicyclic) bond motifs is 1. The molecule has 3 heterocycles. The molecule has 1 aliphatic heterocycles. The Morgan fingerprint density at radius 2 is 1.81 bits per heavy atom. The van der Waals surface area contributed by atoms with Gasteiger partial charge in [0.1, 0.15) is 24.1 Å². The monoisotopic (exact) mass is 517 g/mol. The highest BCUT2D eigenvalue weighted by Gasteiger charge is 2.37. The van der Waals surface area contributed by atoms with Crippen molar-refractivity contribution in [1.29, 1.82) is 0 Å². The summed E-state index contributed by atoms with van der Waals surface area (Å²) in [4.78, 5) is 56.2. The van der Waals surface area contributed by atoms with Crippen LogP contribution in [0, 0.1) is 0 Å². The molecular weight excluding hydrogens is 495 g/mol. The van der Waals surface area contributed by atoms with Crippen molar-refractivity contribution >= 4 is 40.3 Å². The zero-order chi connectivity index (χ0) is 26.9. The molecule has 194 valence electrons. The molecule has 1 aromatic carbocycles. The number of aromatic nitrogens is 3. The summed E-state index contributed by atoms with van der Waals surface area (Å²) in [6.07, 6.45) is -4.71. The second-order valence-electron chi connectivity index (χ2n) is 8.35. The van der Waals surface area contributed by atoms with Crippen LogP contribution in [0.2, 0.25) is 0 Å². The predicted molar refractivity (Wildman–Crippen MR) is 124 cm³/mol. The summed E-state index contributed by atoms with van der Waals surface area (Å²) >= 11 is 0. The van der Waals surface area contributed by atoms with Gasteiger partial charge in [-0.2, -0.15) is 18.3 Å². The Bertz CT molecular complexity index is 1390. The fourth-order valence-electron chi connectivity index (χ4n) is 4.11. The number of anilines is 1. The molecule has 0 radical (unpaired) electrons. The number of halogens is 3. The molecular formula is C23H22F3N7O4. The maximum atomic E-state index is 13.3. The summed E-state index contributed by atoms with van der Waals surface area (Å²) in [5, 5.41) is 6.92. The van der Waals surface area contributed by atoms with Crippen LogP contribution in [0.1, 0.15) is 23.1 Å². The smallest absolute Gasteiger partial charge is 0.364 e. The molecule has 0 saturated carbocycles. The molecule has 11 nitrogen and oxygen atoms in total. The molecule has 0 aliphatic carbocycles. The molecule has 3 aromatic rings. The highest BCUT2D eigenvalue weighted by atomic mass is 19.4. The number of benzene rings is 1. The van der Waals surface area contributed by atoms with Crippen molar-refractivity contribution in [3.63, 3.8) is 0 Å². The Labute approximate surface area is 208 Å². The van der Waals surface area contributed by atoms with E-state index in [0.717, 1.165) is 12.1 Å². The first kappa shape index (κ1) is 25.6. The van der Waals surface area contributed by atoms with E-state index in [1.54, 1.807) is 24.3 Å². The van der Waals surface area contributed by atoms with Crippen molar-refractivity contribution in [3.05, 3.63) is 53.9 Å². The molecule has 2 aromatic heterocycles. The number of hydrogen-bond acceptors (Lipinski definition) is 6. The largest absolute Gasteiger partial charge is 0.433 e. The summed E-state index contributed by atoms with van der Waals surface area (Å²) < 4.78 is 40.4. The molecule has 1 atom stereocenters. The lowest BCUT2D eigenvalue weighted by Gasteiger charge is -2.40. The maximum Gasteiger partial charge on any atom is 0.433 e. The van der Waals surface area contributed by atoms with Crippen LogP contribution in [-0.4, -0.2) is 73.9 Å². The Balaban J connectivity index is 1.60. The second-order valence-corrected chi connectivity index (χ2v) is 8.35. The Morgan fingerprint density at radius 1 is 1.08 bits per heavy atom. The molecule has 4 rings (SSSR count). The van der Waals surface area contributed by atoms with Gasteiger partial charge in [-0.05, 0) is 18.2 Å².